The predicted molar refractivity (Wildman–Crippen MR) is 237 cm³/mol. The Kier molecular flexibility index (Phi) is 10.7. The van der Waals surface area contributed by atoms with Crippen molar-refractivity contribution in [3.05, 3.63) is 144 Å². The lowest BCUT2D eigenvalue weighted by atomic mass is 9.84. The fourth-order valence-electron chi connectivity index (χ4n) is 7.16. The highest BCUT2D eigenvalue weighted by Crippen LogP contribution is 2.35. The highest BCUT2D eigenvalue weighted by Gasteiger charge is 2.19. The van der Waals surface area contributed by atoms with Gasteiger partial charge < -0.3 is 15.0 Å². The SMILES string of the molecule is C.C.CC(C)(C)c1ccc2[nH]c3ccccc3c2c1.CC(C)(C)c1ccc2c(c1)[nH]c1ccccc12.CC(C)(C)c1cccc2[nH]c3ccccc3c12. The van der Waals surface area contributed by atoms with Gasteiger partial charge in [0.2, 0.25) is 0 Å². The van der Waals surface area contributed by atoms with E-state index in [4.69, 9.17) is 0 Å². The zero-order valence-corrected chi connectivity index (χ0v) is 31.6. The summed E-state index contributed by atoms with van der Waals surface area (Å²) in [4.78, 5) is 10.4. The fourth-order valence-corrected chi connectivity index (χ4v) is 7.16. The van der Waals surface area contributed by atoms with E-state index in [1.807, 2.05) is 0 Å². The van der Waals surface area contributed by atoms with E-state index in [1.165, 1.54) is 82.1 Å². The first-order chi connectivity index (χ1) is 24.2. The Hall–Kier alpha value is -5.28. The second kappa shape index (κ2) is 14.6. The second-order valence-electron chi connectivity index (χ2n) is 17.0. The minimum Gasteiger partial charge on any atom is -0.355 e. The molecular formula is C50H59N3. The minimum absolute atomic E-state index is 0. The van der Waals surface area contributed by atoms with Crippen molar-refractivity contribution in [3.8, 4) is 0 Å². The van der Waals surface area contributed by atoms with Crippen molar-refractivity contribution in [2.24, 2.45) is 0 Å². The summed E-state index contributed by atoms with van der Waals surface area (Å²) in [5.41, 5.74) is 12.1. The zero-order chi connectivity index (χ0) is 36.1. The van der Waals surface area contributed by atoms with Crippen molar-refractivity contribution in [3.63, 3.8) is 0 Å². The van der Waals surface area contributed by atoms with Crippen molar-refractivity contribution in [1.29, 1.82) is 0 Å². The molecule has 0 saturated carbocycles. The maximum Gasteiger partial charge on any atom is 0.0467 e. The maximum atomic E-state index is 3.49. The first-order valence-corrected chi connectivity index (χ1v) is 18.2. The third kappa shape index (κ3) is 7.76. The summed E-state index contributed by atoms with van der Waals surface area (Å²) in [5.74, 6) is 0. The number of fused-ring (bicyclic) bond motifs is 9. The summed E-state index contributed by atoms with van der Waals surface area (Å²) >= 11 is 0. The first-order valence-electron chi connectivity index (χ1n) is 18.2. The third-order valence-corrected chi connectivity index (χ3v) is 10.1. The van der Waals surface area contributed by atoms with Gasteiger partial charge in [0.05, 0.1) is 0 Å². The van der Waals surface area contributed by atoms with Gasteiger partial charge in [0, 0.05) is 65.4 Å². The Morgan fingerprint density at radius 2 is 0.736 bits per heavy atom. The fraction of sp³-hybridized carbons (Fsp3) is 0.280. The van der Waals surface area contributed by atoms with E-state index in [-0.39, 0.29) is 31.1 Å². The Labute approximate surface area is 316 Å². The van der Waals surface area contributed by atoms with Crippen LogP contribution >= 0.6 is 0 Å². The van der Waals surface area contributed by atoms with E-state index in [0.29, 0.717) is 0 Å². The van der Waals surface area contributed by atoms with Gasteiger partial charge in [-0.25, -0.2) is 0 Å². The number of H-pyrrole nitrogens is 3. The molecule has 6 aromatic carbocycles. The lowest BCUT2D eigenvalue weighted by Crippen LogP contribution is -2.11. The number of aromatic amines is 3. The molecule has 0 spiro atoms. The molecule has 3 nitrogen and oxygen atoms in total. The summed E-state index contributed by atoms with van der Waals surface area (Å²) in [6.45, 7) is 20.3. The largest absolute Gasteiger partial charge is 0.355 e. The number of benzene rings is 6. The van der Waals surface area contributed by atoms with Gasteiger partial charge in [-0.1, -0.05) is 162 Å². The molecular weight excluding hydrogens is 643 g/mol. The average Bonchev–Trinajstić information content (AvgIpc) is 3.78. The Balaban J connectivity index is 0.000000150. The van der Waals surface area contributed by atoms with Gasteiger partial charge >= 0.3 is 0 Å². The van der Waals surface area contributed by atoms with Gasteiger partial charge in [-0.05, 0) is 75.4 Å². The molecule has 9 aromatic rings. The molecule has 53 heavy (non-hydrogen) atoms. The monoisotopic (exact) mass is 701 g/mol. The second-order valence-corrected chi connectivity index (χ2v) is 17.0. The number of aromatic nitrogens is 3. The van der Waals surface area contributed by atoms with Gasteiger partial charge in [0.1, 0.15) is 0 Å². The molecule has 9 rings (SSSR count). The van der Waals surface area contributed by atoms with Crippen LogP contribution in [0.1, 0.15) is 93.9 Å². The lowest BCUT2D eigenvalue weighted by molar-refractivity contribution is 0.591. The maximum absolute atomic E-state index is 3.49. The van der Waals surface area contributed by atoms with Gasteiger partial charge in [-0.2, -0.15) is 0 Å². The molecule has 0 bridgehead atoms. The van der Waals surface area contributed by atoms with Crippen molar-refractivity contribution >= 4 is 65.4 Å². The van der Waals surface area contributed by atoms with E-state index >= 15 is 0 Å². The first kappa shape index (κ1) is 38.9. The van der Waals surface area contributed by atoms with Crippen LogP contribution in [0.3, 0.4) is 0 Å². The summed E-state index contributed by atoms with van der Waals surface area (Å²) in [6.07, 6.45) is 0. The zero-order valence-electron chi connectivity index (χ0n) is 31.6. The number of hydrogen-bond acceptors (Lipinski definition) is 0. The molecule has 0 aliphatic carbocycles. The molecule has 274 valence electrons. The highest BCUT2D eigenvalue weighted by molar-refractivity contribution is 6.10. The smallest absolute Gasteiger partial charge is 0.0467 e. The third-order valence-electron chi connectivity index (χ3n) is 10.1. The Bertz CT molecular complexity index is 2630. The van der Waals surface area contributed by atoms with E-state index < -0.39 is 0 Å². The van der Waals surface area contributed by atoms with Gasteiger partial charge in [0.25, 0.3) is 0 Å². The standard InChI is InChI=1S/3C16H17N.2CH4/c1-16(2,3)12-8-6-10-14-15(12)11-7-4-5-9-13(11)17-14;1-16(2,3)11-8-9-15-13(10-11)12-6-4-5-7-14(12)17-15;1-16(2,3)11-8-9-13-12-6-4-5-7-14(12)17-15(13)10-11;;/h3*4-10,17H,1-3H3;2*1H4. The minimum atomic E-state index is 0. The van der Waals surface area contributed by atoms with Crippen LogP contribution < -0.4 is 0 Å². The van der Waals surface area contributed by atoms with Crippen LogP contribution in [0.2, 0.25) is 0 Å². The van der Waals surface area contributed by atoms with Gasteiger partial charge in [-0.15, -0.1) is 0 Å². The van der Waals surface area contributed by atoms with Gasteiger partial charge in [-0.3, -0.25) is 0 Å². The molecule has 0 amide bonds. The van der Waals surface area contributed by atoms with Crippen molar-refractivity contribution in [2.45, 2.75) is 93.4 Å². The van der Waals surface area contributed by atoms with Crippen LogP contribution in [0.25, 0.3) is 65.4 Å². The van der Waals surface area contributed by atoms with Crippen LogP contribution in [0, 0.1) is 0 Å². The molecule has 3 heterocycles. The summed E-state index contributed by atoms with van der Waals surface area (Å²) < 4.78 is 0. The number of nitrogens with one attached hydrogen (secondary N) is 3. The van der Waals surface area contributed by atoms with Gasteiger partial charge in [0.15, 0.2) is 0 Å². The molecule has 0 saturated heterocycles. The van der Waals surface area contributed by atoms with E-state index in [0.717, 1.165) is 0 Å². The van der Waals surface area contributed by atoms with Crippen LogP contribution in [0.5, 0.6) is 0 Å². The van der Waals surface area contributed by atoms with Crippen molar-refractivity contribution in [1.82, 2.24) is 15.0 Å². The summed E-state index contributed by atoms with van der Waals surface area (Å²) in [5, 5.41) is 7.96. The summed E-state index contributed by atoms with van der Waals surface area (Å²) in [7, 11) is 0. The number of hydrogen-bond donors (Lipinski definition) is 3. The van der Waals surface area contributed by atoms with Crippen LogP contribution in [0.15, 0.2) is 127 Å². The molecule has 3 N–H and O–H groups in total. The molecule has 0 atom stereocenters. The molecule has 3 heteroatoms. The van der Waals surface area contributed by atoms with Crippen molar-refractivity contribution in [2.75, 3.05) is 0 Å². The van der Waals surface area contributed by atoms with Crippen LogP contribution in [-0.4, -0.2) is 15.0 Å². The van der Waals surface area contributed by atoms with E-state index in [2.05, 4.69) is 205 Å². The van der Waals surface area contributed by atoms with Crippen LogP contribution in [0.4, 0.5) is 0 Å². The predicted octanol–water partition coefficient (Wildman–Crippen LogP) is 15.1. The molecule has 0 aliphatic rings. The van der Waals surface area contributed by atoms with Crippen molar-refractivity contribution < 1.29 is 0 Å². The molecule has 0 unspecified atom stereocenters. The van der Waals surface area contributed by atoms with Crippen LogP contribution in [-0.2, 0) is 16.2 Å². The van der Waals surface area contributed by atoms with E-state index in [1.54, 1.807) is 0 Å². The lowest BCUT2D eigenvalue weighted by Gasteiger charge is -2.20. The quantitative estimate of drug-likeness (QED) is 0.141. The number of para-hydroxylation sites is 3. The molecule has 0 radical (unpaired) electrons. The molecule has 0 aliphatic heterocycles. The number of rotatable bonds is 0. The molecule has 0 fully saturated rings. The normalized spacial score (nSPS) is 11.9. The summed E-state index contributed by atoms with van der Waals surface area (Å²) in [6, 6.07) is 45.5. The topological polar surface area (TPSA) is 47.4 Å². The Morgan fingerprint density at radius 3 is 1.32 bits per heavy atom. The Morgan fingerprint density at radius 1 is 0.321 bits per heavy atom. The highest BCUT2D eigenvalue weighted by atomic mass is 14.7. The average molecular weight is 702 g/mol. The van der Waals surface area contributed by atoms with E-state index in [9.17, 15) is 0 Å². The molecule has 3 aromatic heterocycles.